The van der Waals surface area contributed by atoms with Crippen LogP contribution in [0.4, 0.5) is 4.79 Å². The van der Waals surface area contributed by atoms with Gasteiger partial charge in [0.2, 0.25) is 0 Å². The minimum atomic E-state index is -1.62. The number of nitrogens with zero attached hydrogens (tertiary/aromatic N) is 2. The average molecular weight is 243 g/mol. The van der Waals surface area contributed by atoms with Crippen molar-refractivity contribution in [2.75, 3.05) is 7.11 Å². The average Bonchev–Trinajstić information content (AvgIpc) is 2.55. The number of carbonyl (C=O) groups is 2. The van der Waals surface area contributed by atoms with Crippen molar-refractivity contribution in [3.05, 3.63) is 0 Å². The first-order valence-electron chi connectivity index (χ1n) is 5.11. The minimum absolute atomic E-state index is 0.0243. The van der Waals surface area contributed by atoms with Crippen LogP contribution in [0, 0.1) is 5.41 Å². The van der Waals surface area contributed by atoms with Gasteiger partial charge in [-0.1, -0.05) is 20.8 Å². The van der Waals surface area contributed by atoms with Crippen molar-refractivity contribution in [2.45, 2.75) is 32.9 Å². The molecular formula is C10H17N3O4. The SMILES string of the molecule is COC(=O)C1=NN(C(N)=O)C(O)(C(C)(C)C)C1. The lowest BCUT2D eigenvalue weighted by Gasteiger charge is -2.40. The maximum atomic E-state index is 11.4. The highest BCUT2D eigenvalue weighted by Crippen LogP contribution is 2.40. The number of rotatable bonds is 1. The molecule has 1 heterocycles. The summed E-state index contributed by atoms with van der Waals surface area (Å²) in [5, 5.41) is 14.9. The van der Waals surface area contributed by atoms with Crippen LogP contribution in [-0.2, 0) is 9.53 Å². The highest BCUT2D eigenvalue weighted by molar-refractivity contribution is 6.37. The van der Waals surface area contributed by atoms with E-state index >= 15 is 0 Å². The Kier molecular flexibility index (Phi) is 3.15. The fraction of sp³-hybridized carbons (Fsp3) is 0.700. The van der Waals surface area contributed by atoms with Crippen LogP contribution in [0.1, 0.15) is 27.2 Å². The number of amides is 2. The fourth-order valence-electron chi connectivity index (χ4n) is 1.59. The van der Waals surface area contributed by atoms with Crippen LogP contribution in [0.2, 0.25) is 0 Å². The summed E-state index contributed by atoms with van der Waals surface area (Å²) in [6.45, 7) is 5.16. The lowest BCUT2D eigenvalue weighted by molar-refractivity contribution is -0.141. The smallest absolute Gasteiger partial charge is 0.354 e. The molecule has 0 aromatic rings. The molecule has 0 radical (unpaired) electrons. The number of urea groups is 1. The van der Waals surface area contributed by atoms with Crippen LogP contribution in [0.15, 0.2) is 5.10 Å². The molecule has 0 aromatic heterocycles. The lowest BCUT2D eigenvalue weighted by atomic mass is 9.80. The number of hydrogen-bond donors (Lipinski definition) is 2. The van der Waals surface area contributed by atoms with Crippen LogP contribution in [0.25, 0.3) is 0 Å². The second-order valence-corrected chi connectivity index (χ2v) is 4.93. The van der Waals surface area contributed by atoms with Gasteiger partial charge in [0.1, 0.15) is 0 Å². The predicted molar refractivity (Wildman–Crippen MR) is 59.9 cm³/mol. The van der Waals surface area contributed by atoms with Gasteiger partial charge in [0.05, 0.1) is 7.11 Å². The molecule has 1 aliphatic rings. The van der Waals surface area contributed by atoms with Gasteiger partial charge in [-0.15, -0.1) is 0 Å². The van der Waals surface area contributed by atoms with Gasteiger partial charge in [0.25, 0.3) is 0 Å². The van der Waals surface area contributed by atoms with Crippen LogP contribution in [0.3, 0.4) is 0 Å². The molecule has 0 saturated carbocycles. The first kappa shape index (κ1) is 13.4. The molecule has 2 amide bonds. The molecule has 0 bridgehead atoms. The molecule has 0 aliphatic carbocycles. The van der Waals surface area contributed by atoms with E-state index in [4.69, 9.17) is 5.73 Å². The van der Waals surface area contributed by atoms with Crippen molar-refractivity contribution < 1.29 is 19.4 Å². The fourth-order valence-corrected chi connectivity index (χ4v) is 1.59. The van der Waals surface area contributed by atoms with Crippen molar-refractivity contribution >= 4 is 17.7 Å². The molecule has 1 rings (SSSR count). The maximum Gasteiger partial charge on any atom is 0.354 e. The Morgan fingerprint density at radius 2 is 2.06 bits per heavy atom. The number of hydrazone groups is 1. The number of hydrogen-bond acceptors (Lipinski definition) is 5. The Hall–Kier alpha value is -1.63. The molecule has 1 unspecified atom stereocenters. The second kappa shape index (κ2) is 3.99. The number of nitrogens with two attached hydrogens (primary N) is 1. The highest BCUT2D eigenvalue weighted by atomic mass is 16.5. The first-order chi connectivity index (χ1) is 7.63. The van der Waals surface area contributed by atoms with Gasteiger partial charge in [-0.3, -0.25) is 0 Å². The molecule has 0 fully saturated rings. The third-order valence-electron chi connectivity index (χ3n) is 2.82. The minimum Gasteiger partial charge on any atom is -0.464 e. The summed E-state index contributed by atoms with van der Waals surface area (Å²) >= 11 is 0. The van der Waals surface area contributed by atoms with E-state index in [0.717, 1.165) is 5.01 Å². The van der Waals surface area contributed by atoms with E-state index in [1.807, 2.05) is 0 Å². The van der Waals surface area contributed by atoms with Gasteiger partial charge in [-0.2, -0.15) is 10.1 Å². The van der Waals surface area contributed by atoms with E-state index in [0.29, 0.717) is 0 Å². The van der Waals surface area contributed by atoms with Gasteiger partial charge >= 0.3 is 12.0 Å². The molecule has 0 aromatic carbocycles. The molecule has 7 heteroatoms. The van der Waals surface area contributed by atoms with Gasteiger partial charge in [-0.25, -0.2) is 9.59 Å². The number of esters is 1. The van der Waals surface area contributed by atoms with Gasteiger partial charge in [0, 0.05) is 11.8 Å². The molecule has 7 nitrogen and oxygen atoms in total. The zero-order chi connectivity index (χ0) is 13.4. The third-order valence-corrected chi connectivity index (χ3v) is 2.82. The van der Waals surface area contributed by atoms with Crippen LogP contribution in [0.5, 0.6) is 0 Å². The van der Waals surface area contributed by atoms with Crippen LogP contribution < -0.4 is 5.73 Å². The summed E-state index contributed by atoms with van der Waals surface area (Å²) < 4.78 is 4.51. The third kappa shape index (κ3) is 2.10. The van der Waals surface area contributed by atoms with Crippen molar-refractivity contribution in [1.82, 2.24) is 5.01 Å². The number of primary amides is 1. The zero-order valence-corrected chi connectivity index (χ0v) is 10.4. The first-order valence-corrected chi connectivity index (χ1v) is 5.11. The Labute approximate surface area is 99.2 Å². The quantitative estimate of drug-likeness (QED) is 0.634. The van der Waals surface area contributed by atoms with E-state index in [9.17, 15) is 14.7 Å². The van der Waals surface area contributed by atoms with Gasteiger partial charge in [-0.05, 0) is 0 Å². The van der Waals surface area contributed by atoms with Crippen LogP contribution in [-0.4, -0.2) is 40.7 Å². The van der Waals surface area contributed by atoms with Gasteiger partial charge < -0.3 is 15.6 Å². The van der Waals surface area contributed by atoms with E-state index in [1.54, 1.807) is 20.8 Å². The van der Waals surface area contributed by atoms with Crippen molar-refractivity contribution in [3.8, 4) is 0 Å². The predicted octanol–water partition coefficient (Wildman–Crippen LogP) is 0.0345. The molecule has 0 spiro atoms. The standard InChI is InChI=1S/C10H17N3O4/c1-9(2,3)10(16)5-6(7(14)17-4)12-13(10)8(11)15/h16H,5H2,1-4H3,(H2,11,15). The zero-order valence-electron chi connectivity index (χ0n) is 10.4. The van der Waals surface area contributed by atoms with E-state index < -0.39 is 23.1 Å². The lowest BCUT2D eigenvalue weighted by Crippen LogP contribution is -2.56. The number of aliphatic hydroxyl groups is 1. The summed E-state index contributed by atoms with van der Waals surface area (Å²) in [4.78, 5) is 22.6. The maximum absolute atomic E-state index is 11.4. The van der Waals surface area contributed by atoms with E-state index in [1.165, 1.54) is 7.11 Å². The summed E-state index contributed by atoms with van der Waals surface area (Å²) in [6, 6.07) is -0.915. The van der Waals surface area contributed by atoms with Crippen LogP contribution >= 0.6 is 0 Å². The molecule has 96 valence electrons. The molecular weight excluding hydrogens is 226 g/mol. The van der Waals surface area contributed by atoms with Crippen molar-refractivity contribution in [2.24, 2.45) is 16.3 Å². The Morgan fingerprint density at radius 3 is 2.35 bits per heavy atom. The monoisotopic (exact) mass is 243 g/mol. The normalized spacial score (nSPS) is 24.5. The largest absolute Gasteiger partial charge is 0.464 e. The molecule has 1 aliphatic heterocycles. The van der Waals surface area contributed by atoms with E-state index in [-0.39, 0.29) is 12.1 Å². The molecule has 1 atom stereocenters. The Balaban J connectivity index is 3.14. The molecule has 17 heavy (non-hydrogen) atoms. The molecule has 3 N–H and O–H groups in total. The Bertz CT molecular complexity index is 386. The number of carbonyl (C=O) groups excluding carboxylic acids is 2. The van der Waals surface area contributed by atoms with Crippen molar-refractivity contribution in [1.29, 1.82) is 0 Å². The summed E-state index contributed by atoms with van der Waals surface area (Å²) in [5.41, 5.74) is 2.79. The molecule has 0 saturated heterocycles. The second-order valence-electron chi connectivity index (χ2n) is 4.93. The summed E-state index contributed by atoms with van der Waals surface area (Å²) in [6.07, 6.45) is -0.105. The van der Waals surface area contributed by atoms with Crippen molar-refractivity contribution in [3.63, 3.8) is 0 Å². The summed E-state index contributed by atoms with van der Waals surface area (Å²) in [7, 11) is 1.20. The Morgan fingerprint density at radius 1 is 1.53 bits per heavy atom. The number of ether oxygens (including phenoxy) is 1. The highest BCUT2D eigenvalue weighted by Gasteiger charge is 2.53. The number of methoxy groups -OCH3 is 1. The summed E-state index contributed by atoms with van der Waals surface area (Å²) in [5.74, 6) is -0.684. The van der Waals surface area contributed by atoms with E-state index in [2.05, 4.69) is 9.84 Å². The van der Waals surface area contributed by atoms with Gasteiger partial charge in [0.15, 0.2) is 11.4 Å². The topological polar surface area (TPSA) is 105 Å².